The smallest absolute Gasteiger partial charge is 0.410 e. The molecular formula is C16H26N4O2. The van der Waals surface area contributed by atoms with Crippen molar-refractivity contribution in [2.24, 2.45) is 0 Å². The Balaban J connectivity index is 1.97. The van der Waals surface area contributed by atoms with Gasteiger partial charge in [0.15, 0.2) is 0 Å². The van der Waals surface area contributed by atoms with Gasteiger partial charge in [-0.25, -0.2) is 14.8 Å². The number of anilines is 1. The van der Waals surface area contributed by atoms with E-state index in [0.29, 0.717) is 19.0 Å². The van der Waals surface area contributed by atoms with Crippen LogP contribution in [0.5, 0.6) is 0 Å². The van der Waals surface area contributed by atoms with Crippen LogP contribution in [0.3, 0.4) is 0 Å². The second-order valence-electron chi connectivity index (χ2n) is 6.74. The maximum absolute atomic E-state index is 12.1. The molecule has 122 valence electrons. The third kappa shape index (κ3) is 4.32. The van der Waals surface area contributed by atoms with Crippen LogP contribution in [0.15, 0.2) is 6.07 Å². The highest BCUT2D eigenvalue weighted by molar-refractivity contribution is 5.68. The molecule has 0 aromatic carbocycles. The van der Waals surface area contributed by atoms with Gasteiger partial charge in [0.25, 0.3) is 0 Å². The molecule has 2 rings (SSSR count). The lowest BCUT2D eigenvalue weighted by Gasteiger charge is -2.33. The van der Waals surface area contributed by atoms with Crippen LogP contribution in [0.4, 0.5) is 10.6 Å². The molecule has 1 N–H and O–H groups in total. The molecule has 0 bridgehead atoms. The zero-order valence-corrected chi connectivity index (χ0v) is 14.1. The van der Waals surface area contributed by atoms with Crippen molar-refractivity contribution in [3.63, 3.8) is 0 Å². The predicted molar refractivity (Wildman–Crippen MR) is 86.1 cm³/mol. The number of piperidine rings is 1. The van der Waals surface area contributed by atoms with Crippen LogP contribution in [0, 0.1) is 6.92 Å². The topological polar surface area (TPSA) is 67.4 Å². The van der Waals surface area contributed by atoms with Crippen LogP contribution in [0.1, 0.15) is 51.0 Å². The van der Waals surface area contributed by atoms with Gasteiger partial charge in [-0.2, -0.15) is 0 Å². The molecule has 1 amide bonds. The fraction of sp³-hybridized carbons (Fsp3) is 0.688. The van der Waals surface area contributed by atoms with E-state index < -0.39 is 5.60 Å². The van der Waals surface area contributed by atoms with Gasteiger partial charge in [0.05, 0.1) is 0 Å². The van der Waals surface area contributed by atoms with E-state index in [0.717, 1.165) is 30.2 Å². The lowest BCUT2D eigenvalue weighted by molar-refractivity contribution is 0.0203. The molecule has 22 heavy (non-hydrogen) atoms. The van der Waals surface area contributed by atoms with E-state index in [1.54, 1.807) is 4.90 Å². The van der Waals surface area contributed by atoms with Crippen LogP contribution in [0.2, 0.25) is 0 Å². The maximum Gasteiger partial charge on any atom is 0.410 e. The Kier molecular flexibility index (Phi) is 4.88. The minimum absolute atomic E-state index is 0.230. The normalized spacial score (nSPS) is 16.5. The number of likely N-dealkylation sites (tertiary alicyclic amines) is 1. The quantitative estimate of drug-likeness (QED) is 0.910. The highest BCUT2D eigenvalue weighted by atomic mass is 16.6. The van der Waals surface area contributed by atoms with Crippen molar-refractivity contribution in [2.45, 2.75) is 52.1 Å². The second-order valence-corrected chi connectivity index (χ2v) is 6.74. The molecule has 1 aromatic rings. The summed E-state index contributed by atoms with van der Waals surface area (Å²) in [6.07, 6.45) is 1.50. The first kappa shape index (κ1) is 16.5. The summed E-state index contributed by atoms with van der Waals surface area (Å²) < 4.78 is 5.42. The standard InChI is InChI=1S/C16H26N4O2/c1-11-10-13(17-5)19-14(18-11)12-6-8-20(9-7-12)15(21)22-16(2,3)4/h10,12H,6-9H2,1-5H3,(H,17,18,19). The van der Waals surface area contributed by atoms with Crippen LogP contribution in [-0.2, 0) is 4.74 Å². The first-order valence-corrected chi connectivity index (χ1v) is 7.80. The van der Waals surface area contributed by atoms with Crippen LogP contribution < -0.4 is 5.32 Å². The molecule has 6 heteroatoms. The number of ether oxygens (including phenoxy) is 1. The molecule has 0 spiro atoms. The van der Waals surface area contributed by atoms with E-state index in [2.05, 4.69) is 15.3 Å². The van der Waals surface area contributed by atoms with Crippen molar-refractivity contribution in [3.8, 4) is 0 Å². The maximum atomic E-state index is 12.1. The highest BCUT2D eigenvalue weighted by Gasteiger charge is 2.28. The molecule has 0 aliphatic carbocycles. The summed E-state index contributed by atoms with van der Waals surface area (Å²) in [5, 5.41) is 3.06. The van der Waals surface area contributed by atoms with Gasteiger partial charge < -0.3 is 15.0 Å². The Bertz CT molecular complexity index is 531. The summed E-state index contributed by atoms with van der Waals surface area (Å²) in [6, 6.07) is 1.93. The lowest BCUT2D eigenvalue weighted by atomic mass is 9.96. The van der Waals surface area contributed by atoms with Gasteiger partial charge in [-0.15, -0.1) is 0 Å². The van der Waals surface area contributed by atoms with Gasteiger partial charge >= 0.3 is 6.09 Å². The summed E-state index contributed by atoms with van der Waals surface area (Å²) in [6.45, 7) is 9.01. The van der Waals surface area contributed by atoms with Crippen molar-refractivity contribution in [1.29, 1.82) is 0 Å². The molecule has 6 nitrogen and oxygen atoms in total. The van der Waals surface area contributed by atoms with Crippen LogP contribution in [-0.4, -0.2) is 46.7 Å². The number of carbonyl (C=O) groups excluding carboxylic acids is 1. The minimum atomic E-state index is -0.449. The fourth-order valence-corrected chi connectivity index (χ4v) is 2.55. The number of hydrogen-bond donors (Lipinski definition) is 1. The first-order chi connectivity index (χ1) is 10.3. The van der Waals surface area contributed by atoms with E-state index in [1.807, 2.05) is 40.8 Å². The van der Waals surface area contributed by atoms with Gasteiger partial charge in [0.1, 0.15) is 17.2 Å². The van der Waals surface area contributed by atoms with Crippen molar-refractivity contribution in [2.75, 3.05) is 25.5 Å². The lowest BCUT2D eigenvalue weighted by Crippen LogP contribution is -2.41. The van der Waals surface area contributed by atoms with Crippen molar-refractivity contribution in [1.82, 2.24) is 14.9 Å². The van der Waals surface area contributed by atoms with Crippen molar-refractivity contribution in [3.05, 3.63) is 17.6 Å². The number of amides is 1. The Labute approximate surface area is 132 Å². The summed E-state index contributed by atoms with van der Waals surface area (Å²) in [4.78, 5) is 22.9. The summed E-state index contributed by atoms with van der Waals surface area (Å²) in [5.74, 6) is 2.01. The van der Waals surface area contributed by atoms with E-state index in [-0.39, 0.29) is 6.09 Å². The summed E-state index contributed by atoms with van der Waals surface area (Å²) >= 11 is 0. The number of nitrogens with zero attached hydrogens (tertiary/aromatic N) is 3. The number of nitrogens with one attached hydrogen (secondary N) is 1. The van der Waals surface area contributed by atoms with Crippen LogP contribution >= 0.6 is 0 Å². The van der Waals surface area contributed by atoms with Gasteiger partial charge in [-0.3, -0.25) is 0 Å². The van der Waals surface area contributed by atoms with Gasteiger partial charge in [0, 0.05) is 37.8 Å². The Hall–Kier alpha value is -1.85. The molecule has 2 heterocycles. The molecule has 0 atom stereocenters. The molecule has 1 fully saturated rings. The second kappa shape index (κ2) is 6.50. The average molecular weight is 306 g/mol. The zero-order chi connectivity index (χ0) is 16.3. The van der Waals surface area contributed by atoms with Gasteiger partial charge in [0.2, 0.25) is 0 Å². The van der Waals surface area contributed by atoms with Crippen molar-refractivity contribution >= 4 is 11.9 Å². The molecule has 0 radical (unpaired) electrons. The number of aryl methyl sites for hydroxylation is 1. The fourth-order valence-electron chi connectivity index (χ4n) is 2.55. The molecule has 1 aromatic heterocycles. The molecule has 1 saturated heterocycles. The molecule has 1 aliphatic rings. The van der Waals surface area contributed by atoms with E-state index in [4.69, 9.17) is 4.74 Å². The number of rotatable bonds is 2. The monoisotopic (exact) mass is 306 g/mol. The van der Waals surface area contributed by atoms with Gasteiger partial charge in [-0.1, -0.05) is 0 Å². The third-order valence-electron chi connectivity index (χ3n) is 3.64. The zero-order valence-electron chi connectivity index (χ0n) is 14.1. The number of carbonyl (C=O) groups is 1. The summed E-state index contributed by atoms with van der Waals surface area (Å²) in [7, 11) is 1.86. The molecule has 0 saturated carbocycles. The van der Waals surface area contributed by atoms with Crippen molar-refractivity contribution < 1.29 is 9.53 Å². The number of aromatic nitrogens is 2. The molecule has 0 unspecified atom stereocenters. The SMILES string of the molecule is CNc1cc(C)nc(C2CCN(C(=O)OC(C)(C)C)CC2)n1. The Morgan fingerprint density at radius 3 is 2.50 bits per heavy atom. The molecular weight excluding hydrogens is 280 g/mol. The van der Waals surface area contributed by atoms with E-state index in [1.165, 1.54) is 0 Å². The van der Waals surface area contributed by atoms with Crippen LogP contribution in [0.25, 0.3) is 0 Å². The van der Waals surface area contributed by atoms with E-state index >= 15 is 0 Å². The Morgan fingerprint density at radius 1 is 1.32 bits per heavy atom. The number of hydrogen-bond acceptors (Lipinski definition) is 5. The third-order valence-corrected chi connectivity index (χ3v) is 3.64. The van der Waals surface area contributed by atoms with E-state index in [9.17, 15) is 4.79 Å². The minimum Gasteiger partial charge on any atom is -0.444 e. The molecule has 1 aliphatic heterocycles. The Morgan fingerprint density at radius 2 is 1.95 bits per heavy atom. The first-order valence-electron chi connectivity index (χ1n) is 7.80. The van der Waals surface area contributed by atoms with Gasteiger partial charge in [-0.05, 0) is 40.5 Å². The highest BCUT2D eigenvalue weighted by Crippen LogP contribution is 2.27. The predicted octanol–water partition coefficient (Wildman–Crippen LogP) is 2.94. The summed E-state index contributed by atoms with van der Waals surface area (Å²) in [5.41, 5.74) is 0.513. The largest absolute Gasteiger partial charge is 0.444 e. The average Bonchev–Trinajstić information content (AvgIpc) is 2.45.